The predicted molar refractivity (Wildman–Crippen MR) is 229 cm³/mol. The van der Waals surface area contributed by atoms with Crippen molar-refractivity contribution in [3.8, 4) is 66.8 Å². The van der Waals surface area contributed by atoms with Gasteiger partial charge >= 0.3 is 0 Å². The highest BCUT2D eigenvalue weighted by molar-refractivity contribution is 6.21. The molecule has 1 heteroatoms. The summed E-state index contributed by atoms with van der Waals surface area (Å²) < 4.78 is 0. The lowest BCUT2D eigenvalue weighted by molar-refractivity contribution is 1.41. The second-order valence-electron chi connectivity index (χ2n) is 13.8. The molecule has 1 heterocycles. The lowest BCUT2D eigenvalue weighted by Crippen LogP contribution is -1.93. The molecule has 0 amide bonds. The van der Waals surface area contributed by atoms with Crippen LogP contribution in [0.15, 0.2) is 212 Å². The summed E-state index contributed by atoms with van der Waals surface area (Å²) in [4.78, 5) is 4.63. The number of benzene rings is 9. The molecule has 0 fully saturated rings. The van der Waals surface area contributed by atoms with Crippen molar-refractivity contribution in [2.45, 2.75) is 0 Å². The van der Waals surface area contributed by atoms with Gasteiger partial charge in [0.05, 0.1) is 5.52 Å². The maximum atomic E-state index is 4.63. The van der Waals surface area contributed by atoms with Crippen LogP contribution in [0.5, 0.6) is 0 Å². The van der Waals surface area contributed by atoms with Gasteiger partial charge in [0.1, 0.15) is 0 Å². The van der Waals surface area contributed by atoms with E-state index in [-0.39, 0.29) is 0 Å². The van der Waals surface area contributed by atoms with E-state index in [1.54, 1.807) is 0 Å². The van der Waals surface area contributed by atoms with Crippen molar-refractivity contribution in [3.05, 3.63) is 212 Å². The first-order chi connectivity index (χ1) is 26.8. The van der Waals surface area contributed by atoms with Crippen molar-refractivity contribution in [2.24, 2.45) is 0 Å². The van der Waals surface area contributed by atoms with E-state index in [1.807, 2.05) is 6.20 Å². The Morgan fingerprint density at radius 2 is 0.630 bits per heavy atom. The number of fused-ring (bicyclic) bond motifs is 3. The van der Waals surface area contributed by atoms with Gasteiger partial charge < -0.3 is 0 Å². The first-order valence-corrected chi connectivity index (χ1v) is 18.5. The Labute approximate surface area is 315 Å². The summed E-state index contributed by atoms with van der Waals surface area (Å²) in [6, 6.07) is 74.8. The molecule has 0 atom stereocenters. The molecule has 9 aromatic carbocycles. The number of rotatable bonds is 6. The molecule has 10 rings (SSSR count). The van der Waals surface area contributed by atoms with Gasteiger partial charge in [0.25, 0.3) is 0 Å². The van der Waals surface area contributed by atoms with Gasteiger partial charge in [-0.2, -0.15) is 0 Å². The van der Waals surface area contributed by atoms with Crippen LogP contribution >= 0.6 is 0 Å². The first kappa shape index (κ1) is 31.6. The Kier molecular flexibility index (Phi) is 7.89. The van der Waals surface area contributed by atoms with Crippen LogP contribution in [0.1, 0.15) is 0 Å². The molecule has 0 unspecified atom stereocenters. The number of para-hydroxylation sites is 1. The minimum absolute atomic E-state index is 1.00. The molecule has 54 heavy (non-hydrogen) atoms. The summed E-state index contributed by atoms with van der Waals surface area (Å²) in [5.41, 5.74) is 15.6. The van der Waals surface area contributed by atoms with Gasteiger partial charge in [-0.05, 0) is 113 Å². The fraction of sp³-hybridized carbons (Fsp3) is 0. The summed E-state index contributed by atoms with van der Waals surface area (Å²) >= 11 is 0. The molecule has 0 aliphatic rings. The van der Waals surface area contributed by atoms with E-state index in [0.717, 1.165) is 10.9 Å². The highest BCUT2D eigenvalue weighted by Crippen LogP contribution is 2.46. The van der Waals surface area contributed by atoms with E-state index < -0.39 is 0 Å². The van der Waals surface area contributed by atoms with Gasteiger partial charge in [-0.3, -0.25) is 4.98 Å². The minimum atomic E-state index is 1.00. The molecule has 10 aromatic rings. The van der Waals surface area contributed by atoms with Gasteiger partial charge in [-0.15, -0.1) is 0 Å². The highest BCUT2D eigenvalue weighted by Gasteiger charge is 2.19. The lowest BCUT2D eigenvalue weighted by atomic mass is 9.83. The van der Waals surface area contributed by atoms with Crippen LogP contribution in [-0.2, 0) is 0 Å². The zero-order chi connectivity index (χ0) is 35.8. The van der Waals surface area contributed by atoms with Crippen molar-refractivity contribution in [1.29, 1.82) is 0 Å². The summed E-state index contributed by atoms with van der Waals surface area (Å²) in [6.45, 7) is 0. The number of aromatic nitrogens is 1. The highest BCUT2D eigenvalue weighted by atomic mass is 14.6. The average molecular weight is 686 g/mol. The van der Waals surface area contributed by atoms with E-state index in [0.29, 0.717) is 0 Å². The molecule has 1 aromatic heterocycles. The van der Waals surface area contributed by atoms with Gasteiger partial charge in [0.2, 0.25) is 0 Å². The SMILES string of the molecule is c1ccc(-c2cccc(-c3ccccc3)c2-c2cccc(-c3c4ccccc4c(-c4cccc(-c5ccnc6ccccc56)c4)c4ccccc34)c2)cc1. The second kappa shape index (κ2) is 13.5. The third-order valence-electron chi connectivity index (χ3n) is 10.7. The van der Waals surface area contributed by atoms with Gasteiger partial charge in [0.15, 0.2) is 0 Å². The maximum absolute atomic E-state index is 4.63. The van der Waals surface area contributed by atoms with Crippen LogP contribution in [0, 0.1) is 0 Å². The Morgan fingerprint density at radius 3 is 1.17 bits per heavy atom. The standard InChI is InChI=1S/C53H35N/c1-3-16-36(17-4-1)43-29-15-30-44(37-18-5-2-6-19-37)51(43)40-22-14-23-41(35-40)53-48-27-9-7-25-46(48)52(47-26-8-10-28-49(47)53)39-21-13-20-38(34-39)42-32-33-54-50-31-12-11-24-45(42)50/h1-35H. The molecule has 252 valence electrons. The zero-order valence-electron chi connectivity index (χ0n) is 29.7. The summed E-state index contributed by atoms with van der Waals surface area (Å²) in [7, 11) is 0. The molecule has 0 radical (unpaired) electrons. The molecule has 0 saturated carbocycles. The van der Waals surface area contributed by atoms with Gasteiger partial charge in [-0.1, -0.05) is 182 Å². The van der Waals surface area contributed by atoms with E-state index in [2.05, 4.69) is 211 Å². The zero-order valence-corrected chi connectivity index (χ0v) is 29.7. The Bertz CT molecular complexity index is 2860. The van der Waals surface area contributed by atoms with Crippen molar-refractivity contribution in [1.82, 2.24) is 4.98 Å². The Hall–Kier alpha value is -7.09. The third-order valence-corrected chi connectivity index (χ3v) is 10.7. The number of hydrogen-bond acceptors (Lipinski definition) is 1. The molecule has 0 bridgehead atoms. The molecule has 0 aliphatic carbocycles. The summed E-state index contributed by atoms with van der Waals surface area (Å²) in [5, 5.41) is 6.11. The van der Waals surface area contributed by atoms with Crippen LogP contribution in [-0.4, -0.2) is 4.98 Å². The topological polar surface area (TPSA) is 12.9 Å². The van der Waals surface area contributed by atoms with E-state index in [4.69, 9.17) is 0 Å². The molecule has 1 nitrogen and oxygen atoms in total. The first-order valence-electron chi connectivity index (χ1n) is 18.5. The Balaban J connectivity index is 1.20. The molecule has 0 N–H and O–H groups in total. The lowest BCUT2D eigenvalue weighted by Gasteiger charge is -2.20. The van der Waals surface area contributed by atoms with Gasteiger partial charge in [0, 0.05) is 11.6 Å². The normalized spacial score (nSPS) is 11.3. The number of pyridine rings is 1. The quantitative estimate of drug-likeness (QED) is 0.159. The molecule has 0 aliphatic heterocycles. The van der Waals surface area contributed by atoms with Crippen LogP contribution in [0.2, 0.25) is 0 Å². The number of nitrogens with zero attached hydrogens (tertiary/aromatic N) is 1. The average Bonchev–Trinajstić information content (AvgIpc) is 3.25. The van der Waals surface area contributed by atoms with E-state index >= 15 is 0 Å². The minimum Gasteiger partial charge on any atom is -0.256 e. The van der Waals surface area contributed by atoms with Crippen LogP contribution in [0.3, 0.4) is 0 Å². The van der Waals surface area contributed by atoms with Crippen molar-refractivity contribution < 1.29 is 0 Å². The fourth-order valence-corrected chi connectivity index (χ4v) is 8.35. The Morgan fingerprint density at radius 1 is 0.241 bits per heavy atom. The smallest absolute Gasteiger partial charge is 0.0708 e. The summed E-state index contributed by atoms with van der Waals surface area (Å²) in [6.07, 6.45) is 1.92. The van der Waals surface area contributed by atoms with Crippen molar-refractivity contribution in [3.63, 3.8) is 0 Å². The van der Waals surface area contributed by atoms with E-state index in [9.17, 15) is 0 Å². The fourth-order valence-electron chi connectivity index (χ4n) is 8.35. The maximum Gasteiger partial charge on any atom is 0.0708 e. The van der Waals surface area contributed by atoms with Crippen molar-refractivity contribution in [2.75, 3.05) is 0 Å². The van der Waals surface area contributed by atoms with E-state index in [1.165, 1.54) is 88.3 Å². The molecular formula is C53H35N. The molecular weight excluding hydrogens is 651 g/mol. The monoisotopic (exact) mass is 685 g/mol. The van der Waals surface area contributed by atoms with Crippen LogP contribution in [0.4, 0.5) is 0 Å². The largest absolute Gasteiger partial charge is 0.256 e. The second-order valence-corrected chi connectivity index (χ2v) is 13.8. The molecule has 0 saturated heterocycles. The predicted octanol–water partition coefficient (Wildman–Crippen LogP) is 14.5. The van der Waals surface area contributed by atoms with Crippen LogP contribution < -0.4 is 0 Å². The van der Waals surface area contributed by atoms with Gasteiger partial charge in [-0.25, -0.2) is 0 Å². The van der Waals surface area contributed by atoms with Crippen LogP contribution in [0.25, 0.3) is 99.2 Å². The summed E-state index contributed by atoms with van der Waals surface area (Å²) in [5.74, 6) is 0. The molecule has 0 spiro atoms. The van der Waals surface area contributed by atoms with Crippen molar-refractivity contribution >= 4 is 32.4 Å². The number of hydrogen-bond donors (Lipinski definition) is 0. The third kappa shape index (κ3) is 5.46.